The van der Waals surface area contributed by atoms with Gasteiger partial charge in [-0.2, -0.15) is 0 Å². The van der Waals surface area contributed by atoms with Crippen LogP contribution in [0.2, 0.25) is 0 Å². The number of carboxylic acid groups (broad SMARTS) is 1. The third kappa shape index (κ3) is 2.44. The van der Waals surface area contributed by atoms with Crippen molar-refractivity contribution in [2.75, 3.05) is 6.61 Å². The predicted octanol–water partition coefficient (Wildman–Crippen LogP) is 2.92. The van der Waals surface area contributed by atoms with Crippen molar-refractivity contribution in [3.8, 4) is 0 Å². The summed E-state index contributed by atoms with van der Waals surface area (Å²) in [6, 6.07) is 5.79. The number of rotatable bonds is 3. The normalized spacial score (nSPS) is 28.6. The monoisotopic (exact) mass is 275 g/mol. The molecule has 4 heteroatoms. The third-order valence-corrected chi connectivity index (χ3v) is 4.86. The van der Waals surface area contributed by atoms with E-state index in [1.54, 1.807) is 6.20 Å². The summed E-state index contributed by atoms with van der Waals surface area (Å²) in [6.07, 6.45) is 7.94. The number of carboxylic acids is 1. The molecular formula is C16H21NO3. The van der Waals surface area contributed by atoms with Crippen LogP contribution >= 0.6 is 0 Å². The van der Waals surface area contributed by atoms with E-state index in [9.17, 15) is 9.90 Å². The second-order valence-corrected chi connectivity index (χ2v) is 6.23. The van der Waals surface area contributed by atoms with E-state index in [1.165, 1.54) is 12.8 Å². The molecular weight excluding hydrogens is 254 g/mol. The van der Waals surface area contributed by atoms with E-state index in [-0.39, 0.29) is 17.4 Å². The third-order valence-electron chi connectivity index (χ3n) is 4.86. The minimum atomic E-state index is -0.745. The highest BCUT2D eigenvalue weighted by atomic mass is 16.5. The number of hydrogen-bond acceptors (Lipinski definition) is 3. The highest BCUT2D eigenvalue weighted by Crippen LogP contribution is 2.49. The molecule has 1 aliphatic carbocycles. The van der Waals surface area contributed by atoms with Crippen LogP contribution in [0, 0.1) is 0 Å². The fourth-order valence-corrected chi connectivity index (χ4v) is 3.99. The smallest absolute Gasteiger partial charge is 0.304 e. The van der Waals surface area contributed by atoms with Gasteiger partial charge in [-0.3, -0.25) is 9.78 Å². The molecule has 1 atom stereocenters. The van der Waals surface area contributed by atoms with E-state index < -0.39 is 5.97 Å². The molecule has 1 saturated carbocycles. The van der Waals surface area contributed by atoms with Crippen LogP contribution in [-0.2, 0) is 14.9 Å². The van der Waals surface area contributed by atoms with Gasteiger partial charge < -0.3 is 9.84 Å². The minimum absolute atomic E-state index is 0.106. The van der Waals surface area contributed by atoms with Crippen molar-refractivity contribution in [2.45, 2.75) is 56.0 Å². The summed E-state index contributed by atoms with van der Waals surface area (Å²) in [5, 5.41) is 9.35. The molecule has 2 fully saturated rings. The Labute approximate surface area is 119 Å². The van der Waals surface area contributed by atoms with Crippen LogP contribution in [0.25, 0.3) is 0 Å². The summed E-state index contributed by atoms with van der Waals surface area (Å²) in [5.74, 6) is -0.745. The standard InChI is InChI=1S/C16H21NO3/c18-14(19)11-15(13-5-1-4-9-17-13)8-10-20-16(12-15)6-2-3-7-16/h1,4-5,9H,2-3,6-8,10-12H2,(H,18,19). The molecule has 2 aliphatic rings. The van der Waals surface area contributed by atoms with Gasteiger partial charge in [-0.15, -0.1) is 0 Å². The minimum Gasteiger partial charge on any atom is -0.481 e. The maximum absolute atomic E-state index is 11.4. The molecule has 0 aromatic carbocycles. The molecule has 1 aromatic rings. The van der Waals surface area contributed by atoms with Crippen molar-refractivity contribution in [3.63, 3.8) is 0 Å². The van der Waals surface area contributed by atoms with Crippen molar-refractivity contribution in [1.29, 1.82) is 0 Å². The zero-order valence-electron chi connectivity index (χ0n) is 11.7. The van der Waals surface area contributed by atoms with Crippen molar-refractivity contribution in [1.82, 2.24) is 4.98 Å². The first-order valence-corrected chi connectivity index (χ1v) is 7.42. The molecule has 1 N–H and O–H groups in total. The zero-order valence-corrected chi connectivity index (χ0v) is 11.7. The molecule has 0 amide bonds. The van der Waals surface area contributed by atoms with Gasteiger partial charge in [0.2, 0.25) is 0 Å². The highest BCUT2D eigenvalue weighted by Gasteiger charge is 2.49. The van der Waals surface area contributed by atoms with E-state index in [2.05, 4.69) is 4.98 Å². The van der Waals surface area contributed by atoms with Crippen molar-refractivity contribution >= 4 is 5.97 Å². The Morgan fingerprint density at radius 2 is 2.10 bits per heavy atom. The number of hydrogen-bond donors (Lipinski definition) is 1. The Balaban J connectivity index is 1.95. The average molecular weight is 275 g/mol. The summed E-state index contributed by atoms with van der Waals surface area (Å²) in [5.41, 5.74) is 0.443. The fourth-order valence-electron chi connectivity index (χ4n) is 3.99. The summed E-state index contributed by atoms with van der Waals surface area (Å²) in [6.45, 7) is 0.643. The zero-order chi connectivity index (χ0) is 14.1. The molecule has 2 heterocycles. The van der Waals surface area contributed by atoms with Gasteiger partial charge in [0.25, 0.3) is 0 Å². The average Bonchev–Trinajstić information content (AvgIpc) is 2.87. The number of nitrogens with zero attached hydrogens (tertiary/aromatic N) is 1. The Morgan fingerprint density at radius 3 is 2.75 bits per heavy atom. The SMILES string of the molecule is O=C(O)CC1(c2ccccn2)CCOC2(CCCC2)C1. The van der Waals surface area contributed by atoms with Gasteiger partial charge in [-0.1, -0.05) is 18.9 Å². The number of aromatic nitrogens is 1. The Kier molecular flexibility index (Phi) is 3.50. The van der Waals surface area contributed by atoms with Gasteiger partial charge in [0.1, 0.15) is 0 Å². The molecule has 3 rings (SSSR count). The van der Waals surface area contributed by atoms with Gasteiger partial charge in [-0.25, -0.2) is 0 Å². The van der Waals surface area contributed by atoms with Crippen molar-refractivity contribution in [3.05, 3.63) is 30.1 Å². The van der Waals surface area contributed by atoms with E-state index in [4.69, 9.17) is 4.74 Å². The van der Waals surface area contributed by atoms with E-state index >= 15 is 0 Å². The second kappa shape index (κ2) is 5.17. The van der Waals surface area contributed by atoms with Crippen molar-refractivity contribution < 1.29 is 14.6 Å². The van der Waals surface area contributed by atoms with E-state index in [0.29, 0.717) is 6.61 Å². The Bertz CT molecular complexity index is 482. The van der Waals surface area contributed by atoms with Crippen LogP contribution in [0.15, 0.2) is 24.4 Å². The Morgan fingerprint density at radius 1 is 1.30 bits per heavy atom. The van der Waals surface area contributed by atoms with Gasteiger partial charge in [0.05, 0.1) is 12.0 Å². The lowest BCUT2D eigenvalue weighted by Gasteiger charge is -2.45. The van der Waals surface area contributed by atoms with Gasteiger partial charge in [0, 0.05) is 23.9 Å². The van der Waals surface area contributed by atoms with E-state index in [1.807, 2.05) is 18.2 Å². The van der Waals surface area contributed by atoms with Gasteiger partial charge in [0.15, 0.2) is 0 Å². The Hall–Kier alpha value is -1.42. The van der Waals surface area contributed by atoms with Crippen molar-refractivity contribution in [2.24, 2.45) is 0 Å². The summed E-state index contributed by atoms with van der Waals surface area (Å²) in [4.78, 5) is 15.8. The van der Waals surface area contributed by atoms with Crippen LogP contribution in [0.5, 0.6) is 0 Å². The molecule has 4 nitrogen and oxygen atoms in total. The van der Waals surface area contributed by atoms with Crippen LogP contribution in [-0.4, -0.2) is 28.3 Å². The lowest BCUT2D eigenvalue weighted by atomic mass is 9.68. The summed E-state index contributed by atoms with van der Waals surface area (Å²) in [7, 11) is 0. The fraction of sp³-hybridized carbons (Fsp3) is 0.625. The van der Waals surface area contributed by atoms with Crippen LogP contribution in [0.1, 0.15) is 50.6 Å². The molecule has 108 valence electrons. The molecule has 1 aromatic heterocycles. The predicted molar refractivity (Wildman–Crippen MR) is 74.6 cm³/mol. The molecule has 0 radical (unpaired) electrons. The lowest BCUT2D eigenvalue weighted by Crippen LogP contribution is -2.47. The molecule has 0 bridgehead atoms. The van der Waals surface area contributed by atoms with Gasteiger partial charge >= 0.3 is 5.97 Å². The molecule has 1 saturated heterocycles. The molecule has 20 heavy (non-hydrogen) atoms. The first-order valence-electron chi connectivity index (χ1n) is 7.42. The summed E-state index contributed by atoms with van der Waals surface area (Å²) >= 11 is 0. The maximum atomic E-state index is 11.4. The number of pyridine rings is 1. The maximum Gasteiger partial charge on any atom is 0.304 e. The van der Waals surface area contributed by atoms with Crippen LogP contribution < -0.4 is 0 Å². The molecule has 1 unspecified atom stereocenters. The van der Waals surface area contributed by atoms with Gasteiger partial charge in [-0.05, 0) is 37.8 Å². The second-order valence-electron chi connectivity index (χ2n) is 6.23. The molecule has 1 spiro atoms. The number of carbonyl (C=O) groups is 1. The number of ether oxygens (including phenoxy) is 1. The van der Waals surface area contributed by atoms with Crippen LogP contribution in [0.3, 0.4) is 0 Å². The first-order chi connectivity index (χ1) is 9.64. The first kappa shape index (κ1) is 13.6. The summed E-state index contributed by atoms with van der Waals surface area (Å²) < 4.78 is 6.06. The topological polar surface area (TPSA) is 59.4 Å². The molecule has 1 aliphatic heterocycles. The number of aliphatic carboxylic acids is 1. The lowest BCUT2D eigenvalue weighted by molar-refractivity contribution is -0.144. The van der Waals surface area contributed by atoms with Crippen LogP contribution in [0.4, 0.5) is 0 Å². The quantitative estimate of drug-likeness (QED) is 0.921. The largest absolute Gasteiger partial charge is 0.481 e. The highest BCUT2D eigenvalue weighted by molar-refractivity contribution is 5.69. The van der Waals surface area contributed by atoms with E-state index in [0.717, 1.165) is 31.4 Å².